The summed E-state index contributed by atoms with van der Waals surface area (Å²) in [6.45, 7) is 2.07. The summed E-state index contributed by atoms with van der Waals surface area (Å²) in [5.41, 5.74) is 2.66. The van der Waals surface area contributed by atoms with Crippen LogP contribution < -0.4 is 15.5 Å². The first kappa shape index (κ1) is 18.6. The molecule has 1 aliphatic heterocycles. The van der Waals surface area contributed by atoms with Gasteiger partial charge < -0.3 is 10.6 Å². The van der Waals surface area contributed by atoms with Gasteiger partial charge in [-0.2, -0.15) is 0 Å². The average Bonchev–Trinajstić information content (AvgIpc) is 3.07. The summed E-state index contributed by atoms with van der Waals surface area (Å²) in [5, 5.41) is 5.56. The first-order chi connectivity index (χ1) is 13.1. The lowest BCUT2D eigenvalue weighted by Gasteiger charge is -2.23. The van der Waals surface area contributed by atoms with Crippen molar-refractivity contribution < 1.29 is 14.4 Å². The van der Waals surface area contributed by atoms with Crippen LogP contribution in [0.3, 0.4) is 0 Å². The summed E-state index contributed by atoms with van der Waals surface area (Å²) in [5.74, 6) is -0.576. The quantitative estimate of drug-likeness (QED) is 0.803. The van der Waals surface area contributed by atoms with E-state index in [1.165, 1.54) is 11.8 Å². The summed E-state index contributed by atoms with van der Waals surface area (Å²) in [6, 6.07) is 10.6. The molecule has 27 heavy (non-hydrogen) atoms. The Kier molecular flexibility index (Phi) is 5.80. The van der Waals surface area contributed by atoms with Crippen LogP contribution in [-0.4, -0.2) is 35.3 Å². The molecule has 2 N–H and O–H groups in total. The van der Waals surface area contributed by atoms with Crippen molar-refractivity contribution in [3.8, 4) is 0 Å². The standard InChI is InChI=1S/C20H22N4O3/c1-14(25)24-17-7-3-2-6-16(17)11-18(24)20(27)22-10-8-19(26)23-13-15-5-4-9-21-12-15/h2-7,9,12,18H,8,10-11,13H2,1H3,(H,22,27)(H,23,26)/t18-/m0/s1. The molecule has 1 aliphatic rings. The zero-order chi connectivity index (χ0) is 19.2. The van der Waals surface area contributed by atoms with Crippen molar-refractivity contribution in [2.75, 3.05) is 11.4 Å². The number of nitrogens with zero attached hydrogens (tertiary/aromatic N) is 2. The zero-order valence-corrected chi connectivity index (χ0v) is 15.1. The minimum atomic E-state index is -0.571. The van der Waals surface area contributed by atoms with Gasteiger partial charge in [-0.3, -0.25) is 24.3 Å². The number of benzene rings is 1. The Bertz CT molecular complexity index is 838. The molecule has 3 rings (SSSR count). The third-order valence-electron chi connectivity index (χ3n) is 4.48. The van der Waals surface area contributed by atoms with E-state index >= 15 is 0 Å². The molecule has 0 radical (unpaired) electrons. The number of hydrogen-bond donors (Lipinski definition) is 2. The number of pyridine rings is 1. The van der Waals surface area contributed by atoms with Crippen molar-refractivity contribution in [3.05, 3.63) is 59.9 Å². The number of para-hydroxylation sites is 1. The van der Waals surface area contributed by atoms with Crippen molar-refractivity contribution >= 4 is 23.4 Å². The molecule has 0 bridgehead atoms. The molecule has 7 nitrogen and oxygen atoms in total. The highest BCUT2D eigenvalue weighted by atomic mass is 16.2. The minimum Gasteiger partial charge on any atom is -0.354 e. The van der Waals surface area contributed by atoms with Crippen molar-refractivity contribution in [1.29, 1.82) is 0 Å². The van der Waals surface area contributed by atoms with E-state index < -0.39 is 6.04 Å². The summed E-state index contributed by atoms with van der Waals surface area (Å²) in [6.07, 6.45) is 4.02. The molecule has 2 aromatic rings. The van der Waals surface area contributed by atoms with E-state index in [0.717, 1.165) is 16.8 Å². The Morgan fingerprint density at radius 1 is 1.15 bits per heavy atom. The third kappa shape index (κ3) is 4.49. The van der Waals surface area contributed by atoms with Gasteiger partial charge in [-0.05, 0) is 23.3 Å². The first-order valence-corrected chi connectivity index (χ1v) is 8.87. The van der Waals surface area contributed by atoms with Gasteiger partial charge in [0.2, 0.25) is 17.7 Å². The molecular formula is C20H22N4O3. The molecule has 0 fully saturated rings. The van der Waals surface area contributed by atoms with E-state index in [0.29, 0.717) is 13.0 Å². The predicted octanol–water partition coefficient (Wildman–Crippen LogP) is 1.18. The van der Waals surface area contributed by atoms with E-state index in [1.807, 2.05) is 36.4 Å². The Morgan fingerprint density at radius 3 is 2.70 bits per heavy atom. The Balaban J connectivity index is 1.48. The van der Waals surface area contributed by atoms with Crippen LogP contribution >= 0.6 is 0 Å². The molecule has 1 aromatic carbocycles. The lowest BCUT2D eigenvalue weighted by Crippen LogP contribution is -2.48. The van der Waals surface area contributed by atoms with Gasteiger partial charge in [-0.1, -0.05) is 24.3 Å². The molecule has 0 saturated heterocycles. The molecule has 0 saturated carbocycles. The molecule has 1 aromatic heterocycles. The third-order valence-corrected chi connectivity index (χ3v) is 4.48. The van der Waals surface area contributed by atoms with Gasteiger partial charge >= 0.3 is 0 Å². The molecule has 7 heteroatoms. The first-order valence-electron chi connectivity index (χ1n) is 8.87. The van der Waals surface area contributed by atoms with E-state index in [4.69, 9.17) is 0 Å². The second-order valence-corrected chi connectivity index (χ2v) is 6.42. The lowest BCUT2D eigenvalue weighted by molar-refractivity contribution is -0.126. The normalized spacial score (nSPS) is 15.1. The van der Waals surface area contributed by atoms with E-state index in [2.05, 4.69) is 15.6 Å². The summed E-state index contributed by atoms with van der Waals surface area (Å²) in [7, 11) is 0. The Morgan fingerprint density at radius 2 is 1.96 bits per heavy atom. The molecule has 140 valence electrons. The fourth-order valence-electron chi connectivity index (χ4n) is 3.19. The summed E-state index contributed by atoms with van der Waals surface area (Å²) in [4.78, 5) is 42.0. The van der Waals surface area contributed by atoms with E-state index in [1.54, 1.807) is 12.4 Å². The smallest absolute Gasteiger partial charge is 0.243 e. The van der Waals surface area contributed by atoms with E-state index in [9.17, 15) is 14.4 Å². The monoisotopic (exact) mass is 366 g/mol. The molecule has 1 atom stereocenters. The molecule has 0 spiro atoms. The van der Waals surface area contributed by atoms with Crippen molar-refractivity contribution in [2.24, 2.45) is 0 Å². The number of nitrogens with one attached hydrogen (secondary N) is 2. The number of carbonyl (C=O) groups is 3. The maximum atomic E-state index is 12.5. The second kappa shape index (κ2) is 8.44. The molecule has 0 aliphatic carbocycles. The van der Waals surface area contributed by atoms with Crippen LogP contribution in [0.25, 0.3) is 0 Å². The number of aromatic nitrogens is 1. The van der Waals surface area contributed by atoms with Crippen LogP contribution in [-0.2, 0) is 27.3 Å². The summed E-state index contributed by atoms with van der Waals surface area (Å²) < 4.78 is 0. The van der Waals surface area contributed by atoms with Crippen LogP contribution in [0.1, 0.15) is 24.5 Å². The van der Waals surface area contributed by atoms with Crippen LogP contribution in [0.5, 0.6) is 0 Å². The van der Waals surface area contributed by atoms with E-state index in [-0.39, 0.29) is 30.7 Å². The minimum absolute atomic E-state index is 0.155. The van der Waals surface area contributed by atoms with Crippen LogP contribution in [0.4, 0.5) is 5.69 Å². The molecule has 2 heterocycles. The molecule has 3 amide bonds. The fourth-order valence-corrected chi connectivity index (χ4v) is 3.19. The average molecular weight is 366 g/mol. The highest BCUT2D eigenvalue weighted by Gasteiger charge is 2.36. The van der Waals surface area contributed by atoms with Gasteiger partial charge in [-0.25, -0.2) is 0 Å². The topological polar surface area (TPSA) is 91.4 Å². The number of amides is 3. The number of hydrogen-bond acceptors (Lipinski definition) is 4. The second-order valence-electron chi connectivity index (χ2n) is 6.42. The zero-order valence-electron chi connectivity index (χ0n) is 15.1. The summed E-state index contributed by atoms with van der Waals surface area (Å²) >= 11 is 0. The van der Waals surface area contributed by atoms with Gasteiger partial charge in [0, 0.05) is 50.9 Å². The van der Waals surface area contributed by atoms with Crippen LogP contribution in [0, 0.1) is 0 Å². The van der Waals surface area contributed by atoms with Gasteiger partial charge in [0.1, 0.15) is 6.04 Å². The van der Waals surface area contributed by atoms with Gasteiger partial charge in [0.25, 0.3) is 0 Å². The van der Waals surface area contributed by atoms with Crippen LogP contribution in [0.2, 0.25) is 0 Å². The van der Waals surface area contributed by atoms with Gasteiger partial charge in [-0.15, -0.1) is 0 Å². The van der Waals surface area contributed by atoms with Crippen LogP contribution in [0.15, 0.2) is 48.8 Å². The van der Waals surface area contributed by atoms with Gasteiger partial charge in [0.05, 0.1) is 0 Å². The SMILES string of the molecule is CC(=O)N1c2ccccc2C[C@H]1C(=O)NCCC(=O)NCc1cccnc1. The lowest BCUT2D eigenvalue weighted by atomic mass is 10.1. The molecule has 0 unspecified atom stereocenters. The highest BCUT2D eigenvalue weighted by Crippen LogP contribution is 2.32. The number of fused-ring (bicyclic) bond motifs is 1. The van der Waals surface area contributed by atoms with Crippen molar-refractivity contribution in [2.45, 2.75) is 32.4 Å². The maximum Gasteiger partial charge on any atom is 0.243 e. The van der Waals surface area contributed by atoms with Crippen molar-refractivity contribution in [1.82, 2.24) is 15.6 Å². The van der Waals surface area contributed by atoms with Crippen molar-refractivity contribution in [3.63, 3.8) is 0 Å². The predicted molar refractivity (Wildman–Crippen MR) is 101 cm³/mol. The Labute approximate surface area is 157 Å². The number of rotatable bonds is 6. The number of anilines is 1. The molecular weight excluding hydrogens is 344 g/mol. The fraction of sp³-hybridized carbons (Fsp3) is 0.300. The highest BCUT2D eigenvalue weighted by molar-refractivity contribution is 6.02. The maximum absolute atomic E-state index is 12.5. The van der Waals surface area contributed by atoms with Gasteiger partial charge in [0.15, 0.2) is 0 Å². The number of carbonyl (C=O) groups excluding carboxylic acids is 3. The largest absolute Gasteiger partial charge is 0.354 e. The Hall–Kier alpha value is -3.22.